The van der Waals surface area contributed by atoms with Crippen LogP contribution in [-0.2, 0) is 13.2 Å². The number of rotatable bonds is 5. The minimum absolute atomic E-state index is 0. The molecule has 0 radical (unpaired) electrons. The van der Waals surface area contributed by atoms with Crippen LogP contribution in [0.1, 0.15) is 16.7 Å². The van der Waals surface area contributed by atoms with Crippen LogP contribution in [0, 0.1) is 11.3 Å². The number of nitriles is 1. The van der Waals surface area contributed by atoms with Gasteiger partial charge in [0.15, 0.2) is 0 Å². The molecule has 1 aromatic heterocycles. The highest BCUT2D eigenvalue weighted by atomic mass is 35.5. The van der Waals surface area contributed by atoms with Gasteiger partial charge >= 0.3 is 0 Å². The van der Waals surface area contributed by atoms with Crippen LogP contribution < -0.4 is 4.74 Å². The minimum Gasteiger partial charge on any atom is -0.488 e. The van der Waals surface area contributed by atoms with Crippen LogP contribution in [0.5, 0.6) is 5.75 Å². The Bertz CT molecular complexity index is 842. The van der Waals surface area contributed by atoms with E-state index in [0.29, 0.717) is 29.5 Å². The molecule has 0 aliphatic rings. The lowest BCUT2D eigenvalue weighted by molar-refractivity contribution is 0.305. The van der Waals surface area contributed by atoms with E-state index in [0.717, 1.165) is 11.1 Å². The third-order valence-electron chi connectivity index (χ3n) is 3.37. The molecule has 0 aliphatic carbocycles. The molecule has 6 heteroatoms. The summed E-state index contributed by atoms with van der Waals surface area (Å²) in [6, 6.07) is 15.2. The number of imidazole rings is 1. The number of nitrogens with zero attached hydrogens (tertiary/aromatic N) is 3. The molecule has 4 nitrogen and oxygen atoms in total. The van der Waals surface area contributed by atoms with Crippen LogP contribution in [0.4, 0.5) is 0 Å². The highest BCUT2D eigenvalue weighted by molar-refractivity contribution is 6.30. The Balaban J connectivity index is 0.00000208. The lowest BCUT2D eigenvalue weighted by atomic mass is 10.1. The zero-order chi connectivity index (χ0) is 16.1. The van der Waals surface area contributed by atoms with E-state index in [1.807, 2.05) is 47.2 Å². The maximum absolute atomic E-state index is 9.24. The molecule has 0 bridgehead atoms. The van der Waals surface area contributed by atoms with Gasteiger partial charge in [-0.1, -0.05) is 29.8 Å². The summed E-state index contributed by atoms with van der Waals surface area (Å²) < 4.78 is 7.78. The average molecular weight is 360 g/mol. The zero-order valence-electron chi connectivity index (χ0n) is 12.7. The van der Waals surface area contributed by atoms with E-state index in [9.17, 15) is 5.26 Å². The smallest absolute Gasteiger partial charge is 0.137 e. The number of hydrogen-bond donors (Lipinski definition) is 0. The summed E-state index contributed by atoms with van der Waals surface area (Å²) >= 11 is 5.97. The average Bonchev–Trinajstić information content (AvgIpc) is 3.06. The van der Waals surface area contributed by atoms with Gasteiger partial charge in [0, 0.05) is 24.0 Å². The number of aromatic nitrogens is 2. The molecule has 0 N–H and O–H groups in total. The second kappa shape index (κ2) is 8.39. The van der Waals surface area contributed by atoms with Gasteiger partial charge in [0.25, 0.3) is 0 Å². The standard InChI is InChI=1S/C18H14ClN3O.ClH/c19-17-3-1-2-15(8-17)12-23-18-9-14(4-5-16(18)10-20)11-22-7-6-21-13-22;/h1-9,13H,11-12H2;1H. The van der Waals surface area contributed by atoms with Gasteiger partial charge in [0.05, 0.1) is 11.9 Å². The van der Waals surface area contributed by atoms with Crippen molar-refractivity contribution in [3.8, 4) is 11.8 Å². The highest BCUT2D eigenvalue weighted by Crippen LogP contribution is 2.22. The molecule has 0 aliphatic heterocycles. The van der Waals surface area contributed by atoms with Crippen LogP contribution in [0.25, 0.3) is 0 Å². The molecule has 1 heterocycles. The van der Waals surface area contributed by atoms with Gasteiger partial charge in [0.2, 0.25) is 0 Å². The fraction of sp³-hybridized carbons (Fsp3) is 0.111. The number of ether oxygens (including phenoxy) is 1. The maximum atomic E-state index is 9.24. The summed E-state index contributed by atoms with van der Waals surface area (Å²) in [5, 5.41) is 9.91. The molecule has 0 atom stereocenters. The van der Waals surface area contributed by atoms with Crippen molar-refractivity contribution in [2.24, 2.45) is 0 Å². The maximum Gasteiger partial charge on any atom is 0.137 e. The Kier molecular flexibility index (Phi) is 6.25. The Hall–Kier alpha value is -2.48. The minimum atomic E-state index is 0. The number of benzene rings is 2. The Morgan fingerprint density at radius 2 is 2.04 bits per heavy atom. The van der Waals surface area contributed by atoms with Gasteiger partial charge < -0.3 is 9.30 Å². The fourth-order valence-electron chi connectivity index (χ4n) is 2.26. The van der Waals surface area contributed by atoms with Gasteiger partial charge in [0.1, 0.15) is 18.4 Å². The molecule has 0 fully saturated rings. The molecular formula is C18H15Cl2N3O. The van der Waals surface area contributed by atoms with Crippen LogP contribution >= 0.6 is 24.0 Å². The molecule has 0 unspecified atom stereocenters. The van der Waals surface area contributed by atoms with E-state index in [4.69, 9.17) is 16.3 Å². The first kappa shape index (κ1) is 17.9. The molecule has 0 amide bonds. The Labute approximate surface area is 151 Å². The van der Waals surface area contributed by atoms with E-state index in [2.05, 4.69) is 11.1 Å². The lowest BCUT2D eigenvalue weighted by Gasteiger charge is -2.11. The summed E-state index contributed by atoms with van der Waals surface area (Å²) in [5.74, 6) is 0.574. The molecule has 2 aromatic carbocycles. The van der Waals surface area contributed by atoms with Gasteiger partial charge in [-0.25, -0.2) is 4.98 Å². The first-order valence-electron chi connectivity index (χ1n) is 7.10. The van der Waals surface area contributed by atoms with Crippen LogP contribution in [0.2, 0.25) is 5.02 Å². The summed E-state index contributed by atoms with van der Waals surface area (Å²) in [4.78, 5) is 4.03. The summed E-state index contributed by atoms with van der Waals surface area (Å²) in [7, 11) is 0. The van der Waals surface area contributed by atoms with E-state index in [1.165, 1.54) is 0 Å². The first-order valence-corrected chi connectivity index (χ1v) is 7.48. The van der Waals surface area contributed by atoms with Crippen molar-refractivity contribution in [2.75, 3.05) is 0 Å². The molecule has 3 rings (SSSR count). The van der Waals surface area contributed by atoms with Crippen LogP contribution in [0.15, 0.2) is 61.2 Å². The van der Waals surface area contributed by atoms with Crippen molar-refractivity contribution in [3.05, 3.63) is 82.9 Å². The van der Waals surface area contributed by atoms with Crippen molar-refractivity contribution in [2.45, 2.75) is 13.2 Å². The summed E-state index contributed by atoms with van der Waals surface area (Å²) in [5.41, 5.74) is 2.52. The number of halogens is 2. The SMILES string of the molecule is Cl.N#Cc1ccc(Cn2ccnc2)cc1OCc1cccc(Cl)c1. The van der Waals surface area contributed by atoms with Gasteiger partial charge in [-0.15, -0.1) is 12.4 Å². The molecule has 0 spiro atoms. The van der Waals surface area contributed by atoms with E-state index < -0.39 is 0 Å². The van der Waals surface area contributed by atoms with Gasteiger partial charge in [-0.3, -0.25) is 0 Å². The van der Waals surface area contributed by atoms with Crippen LogP contribution in [0.3, 0.4) is 0 Å². The lowest BCUT2D eigenvalue weighted by Crippen LogP contribution is -2.01. The van der Waals surface area contributed by atoms with Gasteiger partial charge in [-0.2, -0.15) is 5.26 Å². The summed E-state index contributed by atoms with van der Waals surface area (Å²) in [6.45, 7) is 1.04. The Morgan fingerprint density at radius 3 is 2.75 bits per heavy atom. The summed E-state index contributed by atoms with van der Waals surface area (Å²) in [6.07, 6.45) is 5.38. The molecule has 24 heavy (non-hydrogen) atoms. The zero-order valence-corrected chi connectivity index (χ0v) is 14.3. The third kappa shape index (κ3) is 4.51. The van der Waals surface area contributed by atoms with E-state index in [1.54, 1.807) is 18.6 Å². The molecule has 0 saturated carbocycles. The predicted octanol–water partition coefficient (Wildman–Crippen LogP) is 4.46. The molecule has 3 aromatic rings. The third-order valence-corrected chi connectivity index (χ3v) is 3.61. The normalized spacial score (nSPS) is 9.83. The topological polar surface area (TPSA) is 50.8 Å². The van der Waals surface area contributed by atoms with Crippen LogP contribution in [-0.4, -0.2) is 9.55 Å². The molecule has 0 saturated heterocycles. The molecular weight excluding hydrogens is 345 g/mol. The van der Waals surface area contributed by atoms with Crippen molar-refractivity contribution in [3.63, 3.8) is 0 Å². The van der Waals surface area contributed by atoms with Crippen molar-refractivity contribution < 1.29 is 4.74 Å². The molecule has 122 valence electrons. The second-order valence-corrected chi connectivity index (χ2v) is 5.53. The van der Waals surface area contributed by atoms with Crippen molar-refractivity contribution in [1.82, 2.24) is 9.55 Å². The first-order chi connectivity index (χ1) is 11.2. The fourth-order valence-corrected chi connectivity index (χ4v) is 2.47. The highest BCUT2D eigenvalue weighted by Gasteiger charge is 2.06. The number of hydrogen-bond acceptors (Lipinski definition) is 3. The second-order valence-electron chi connectivity index (χ2n) is 5.10. The van der Waals surface area contributed by atoms with Crippen molar-refractivity contribution >= 4 is 24.0 Å². The van der Waals surface area contributed by atoms with E-state index in [-0.39, 0.29) is 12.4 Å². The monoisotopic (exact) mass is 359 g/mol. The van der Waals surface area contributed by atoms with Gasteiger partial charge in [-0.05, 0) is 35.4 Å². The van der Waals surface area contributed by atoms with E-state index >= 15 is 0 Å². The quantitative estimate of drug-likeness (QED) is 0.675. The van der Waals surface area contributed by atoms with Crippen molar-refractivity contribution in [1.29, 1.82) is 5.26 Å². The Morgan fingerprint density at radius 1 is 1.17 bits per heavy atom. The predicted molar refractivity (Wildman–Crippen MR) is 95.5 cm³/mol. The largest absolute Gasteiger partial charge is 0.488 e.